The van der Waals surface area contributed by atoms with Gasteiger partial charge in [0.05, 0.1) is 6.10 Å². The molecule has 0 aromatic heterocycles. The van der Waals surface area contributed by atoms with Crippen LogP contribution in [0, 0.1) is 11.3 Å². The van der Waals surface area contributed by atoms with Crippen molar-refractivity contribution in [2.24, 2.45) is 11.3 Å². The molecule has 0 heterocycles. The minimum atomic E-state index is -2.57. The second kappa shape index (κ2) is 7.82. The number of hydrogen-bond donors (Lipinski definition) is 1. The summed E-state index contributed by atoms with van der Waals surface area (Å²) in [5, 5.41) is 12.8. The van der Waals surface area contributed by atoms with Gasteiger partial charge in [0, 0.05) is 17.9 Å². The summed E-state index contributed by atoms with van der Waals surface area (Å²) in [5.41, 5.74) is -0.180. The number of aliphatic hydroxyl groups excluding tert-OH is 1. The van der Waals surface area contributed by atoms with Crippen molar-refractivity contribution in [3.8, 4) is 0 Å². The number of benzene rings is 2. The topological polar surface area (TPSA) is 29.5 Å². The minimum Gasteiger partial charge on any atom is -0.407 e. The van der Waals surface area contributed by atoms with Crippen LogP contribution in [0.1, 0.15) is 27.2 Å². The molecule has 3 heteroatoms. The first-order valence-corrected chi connectivity index (χ1v) is 11.9. The van der Waals surface area contributed by atoms with Crippen molar-refractivity contribution >= 4 is 18.7 Å². The van der Waals surface area contributed by atoms with Crippen LogP contribution >= 0.6 is 0 Å². The van der Waals surface area contributed by atoms with Crippen molar-refractivity contribution < 1.29 is 9.53 Å². The maximum atomic E-state index is 10.3. The van der Waals surface area contributed by atoms with E-state index in [4.69, 9.17) is 4.43 Å². The van der Waals surface area contributed by atoms with Gasteiger partial charge in [0.25, 0.3) is 8.32 Å². The normalized spacial score (nSPS) is 23.1. The zero-order valence-electron chi connectivity index (χ0n) is 17.3. The second-order valence-electron chi connectivity index (χ2n) is 8.93. The van der Waals surface area contributed by atoms with E-state index in [2.05, 4.69) is 94.6 Å². The van der Waals surface area contributed by atoms with Gasteiger partial charge in [-0.3, -0.25) is 0 Å². The van der Waals surface area contributed by atoms with Gasteiger partial charge in [-0.1, -0.05) is 93.6 Å². The monoisotopic (exact) mass is 392 g/mol. The van der Waals surface area contributed by atoms with Crippen molar-refractivity contribution in [3.05, 3.63) is 86.0 Å². The maximum Gasteiger partial charge on any atom is 0.261 e. The van der Waals surface area contributed by atoms with Crippen LogP contribution in [0.3, 0.4) is 0 Å². The third-order valence-electron chi connectivity index (χ3n) is 6.21. The average molecular weight is 393 g/mol. The molecule has 0 aliphatic heterocycles. The molecule has 1 aliphatic carbocycles. The molecule has 28 heavy (non-hydrogen) atoms. The van der Waals surface area contributed by atoms with E-state index >= 15 is 0 Å². The molecular formula is C25H32O2Si. The molecule has 0 saturated heterocycles. The Morgan fingerprint density at radius 1 is 1.07 bits per heavy atom. The van der Waals surface area contributed by atoms with Gasteiger partial charge in [0.1, 0.15) is 0 Å². The fourth-order valence-electron chi connectivity index (χ4n) is 4.44. The van der Waals surface area contributed by atoms with Crippen LogP contribution in [-0.4, -0.2) is 26.1 Å². The lowest BCUT2D eigenvalue weighted by atomic mass is 10.0. The summed E-state index contributed by atoms with van der Waals surface area (Å²) in [6, 6.07) is 21.3. The van der Waals surface area contributed by atoms with E-state index < -0.39 is 14.4 Å². The second-order valence-corrected chi connectivity index (χ2v) is 13.2. The quantitative estimate of drug-likeness (QED) is 0.536. The van der Waals surface area contributed by atoms with E-state index in [0.717, 1.165) is 6.42 Å². The summed E-state index contributed by atoms with van der Waals surface area (Å²) in [5.74, 6) is 0.140. The number of rotatable bonds is 8. The van der Waals surface area contributed by atoms with Gasteiger partial charge in [0.15, 0.2) is 0 Å². The Morgan fingerprint density at radius 3 is 1.96 bits per heavy atom. The van der Waals surface area contributed by atoms with E-state index in [1.165, 1.54) is 10.4 Å². The van der Waals surface area contributed by atoms with Crippen molar-refractivity contribution in [1.29, 1.82) is 0 Å². The zero-order valence-corrected chi connectivity index (χ0v) is 18.3. The Bertz CT molecular complexity index is 770. The summed E-state index contributed by atoms with van der Waals surface area (Å²) in [6.07, 6.45) is 3.98. The smallest absolute Gasteiger partial charge is 0.261 e. The maximum absolute atomic E-state index is 10.3. The van der Waals surface area contributed by atoms with Crippen molar-refractivity contribution in [2.45, 2.75) is 38.3 Å². The van der Waals surface area contributed by atoms with E-state index in [1.54, 1.807) is 6.08 Å². The highest BCUT2D eigenvalue weighted by atomic mass is 28.4. The molecule has 1 fully saturated rings. The Hall–Kier alpha value is -1.94. The standard InChI is InChI=1S/C25H32O2Si/c1-6-23(26)22-18-25(22,7-2)19-27-28(24(3,4)5,20-14-10-8-11-15-20)21-16-12-9-13-17-21/h6-17,22-23,26H,1-2,18-19H2,3-5H3/t22-,23+,25-/m0/s1. The Kier molecular flexibility index (Phi) is 5.81. The first-order valence-electron chi connectivity index (χ1n) is 10.00. The molecule has 1 N–H and O–H groups in total. The third-order valence-corrected chi connectivity index (χ3v) is 11.2. The van der Waals surface area contributed by atoms with E-state index in [9.17, 15) is 5.11 Å². The predicted octanol–water partition coefficient (Wildman–Crippen LogP) is 4.30. The number of hydrogen-bond acceptors (Lipinski definition) is 2. The van der Waals surface area contributed by atoms with Gasteiger partial charge in [-0.05, 0) is 21.8 Å². The van der Waals surface area contributed by atoms with E-state index in [1.807, 2.05) is 6.08 Å². The summed E-state index contributed by atoms with van der Waals surface area (Å²) in [4.78, 5) is 0. The van der Waals surface area contributed by atoms with Crippen LogP contribution in [0.5, 0.6) is 0 Å². The van der Waals surface area contributed by atoms with Gasteiger partial charge in [0.2, 0.25) is 0 Å². The largest absolute Gasteiger partial charge is 0.407 e. The molecule has 2 nitrogen and oxygen atoms in total. The van der Waals surface area contributed by atoms with Crippen LogP contribution in [-0.2, 0) is 4.43 Å². The van der Waals surface area contributed by atoms with Crippen LogP contribution in [0.25, 0.3) is 0 Å². The lowest BCUT2D eigenvalue weighted by Gasteiger charge is -2.43. The summed E-state index contributed by atoms with van der Waals surface area (Å²) >= 11 is 0. The molecule has 2 aromatic carbocycles. The zero-order chi connectivity index (χ0) is 20.4. The molecule has 0 bridgehead atoms. The highest BCUT2D eigenvalue weighted by molar-refractivity contribution is 6.99. The lowest BCUT2D eigenvalue weighted by Crippen LogP contribution is -2.67. The van der Waals surface area contributed by atoms with Gasteiger partial charge >= 0.3 is 0 Å². The van der Waals surface area contributed by atoms with Crippen LogP contribution < -0.4 is 10.4 Å². The summed E-state index contributed by atoms with van der Waals surface area (Å²) in [6.45, 7) is 15.2. The third kappa shape index (κ3) is 3.55. The molecule has 3 rings (SSSR count). The molecule has 0 amide bonds. The van der Waals surface area contributed by atoms with Gasteiger partial charge < -0.3 is 9.53 Å². The average Bonchev–Trinajstić information content (AvgIpc) is 3.43. The fraction of sp³-hybridized carbons (Fsp3) is 0.360. The molecule has 2 aromatic rings. The molecule has 0 spiro atoms. The predicted molar refractivity (Wildman–Crippen MR) is 121 cm³/mol. The van der Waals surface area contributed by atoms with Gasteiger partial charge in [-0.2, -0.15) is 0 Å². The lowest BCUT2D eigenvalue weighted by molar-refractivity contribution is 0.162. The first-order chi connectivity index (χ1) is 13.3. The van der Waals surface area contributed by atoms with E-state index in [0.29, 0.717) is 6.61 Å². The van der Waals surface area contributed by atoms with Crippen LogP contribution in [0.15, 0.2) is 86.0 Å². The molecule has 148 valence electrons. The van der Waals surface area contributed by atoms with Gasteiger partial charge in [-0.25, -0.2) is 0 Å². The minimum absolute atomic E-state index is 0.0560. The van der Waals surface area contributed by atoms with Crippen molar-refractivity contribution in [2.75, 3.05) is 6.61 Å². The fourth-order valence-corrected chi connectivity index (χ4v) is 9.08. The van der Waals surface area contributed by atoms with Crippen LogP contribution in [0.4, 0.5) is 0 Å². The summed E-state index contributed by atoms with van der Waals surface area (Å²) in [7, 11) is -2.57. The Balaban J connectivity index is 2.05. The molecule has 1 saturated carbocycles. The van der Waals surface area contributed by atoms with Gasteiger partial charge in [-0.15, -0.1) is 13.2 Å². The van der Waals surface area contributed by atoms with Crippen molar-refractivity contribution in [1.82, 2.24) is 0 Å². The van der Waals surface area contributed by atoms with Crippen LogP contribution in [0.2, 0.25) is 5.04 Å². The first kappa shape index (κ1) is 20.8. The molecule has 0 unspecified atom stereocenters. The SMILES string of the molecule is C=C[C@@H](O)[C@@H]1C[C@@]1(C=C)CO[Si](c1ccccc1)(c1ccccc1)C(C)(C)C. The molecule has 1 aliphatic rings. The summed E-state index contributed by atoms with van der Waals surface area (Å²) < 4.78 is 7.03. The molecule has 0 radical (unpaired) electrons. The number of aliphatic hydroxyl groups is 1. The van der Waals surface area contributed by atoms with E-state index in [-0.39, 0.29) is 16.4 Å². The Labute approximate surface area is 170 Å². The highest BCUT2D eigenvalue weighted by Gasteiger charge is 2.58. The molecule has 3 atom stereocenters. The Morgan fingerprint density at radius 2 is 1.57 bits per heavy atom. The van der Waals surface area contributed by atoms with Crippen molar-refractivity contribution in [3.63, 3.8) is 0 Å². The molecular weight excluding hydrogens is 360 g/mol. The highest BCUT2D eigenvalue weighted by Crippen LogP contribution is 2.56.